The van der Waals surface area contributed by atoms with Crippen LogP contribution in [0.2, 0.25) is 0 Å². The first-order chi connectivity index (χ1) is 31.1. The Morgan fingerprint density at radius 3 is 2.31 bits per heavy atom. The van der Waals surface area contributed by atoms with E-state index in [1.165, 1.54) is 10.5 Å². The number of cyclic esters (lactones) is 1. The van der Waals surface area contributed by atoms with E-state index in [-0.39, 0.29) is 54.6 Å². The molecular weight excluding hydrogens is 829 g/mol. The summed E-state index contributed by atoms with van der Waals surface area (Å²) in [6, 6.07) is 9.23. The van der Waals surface area contributed by atoms with Crippen LogP contribution in [0.4, 0.5) is 0 Å². The van der Waals surface area contributed by atoms with Gasteiger partial charge in [-0.25, -0.2) is 4.79 Å². The molecule has 0 radical (unpaired) electrons. The molecule has 3 aliphatic heterocycles. The van der Waals surface area contributed by atoms with Crippen LogP contribution in [-0.4, -0.2) is 123 Å². The van der Waals surface area contributed by atoms with Crippen LogP contribution in [-0.2, 0) is 54.1 Å². The molecule has 1 aromatic rings. The van der Waals surface area contributed by atoms with Gasteiger partial charge < -0.3 is 43.7 Å². The second-order valence-corrected chi connectivity index (χ2v) is 19.5. The number of esters is 1. The molecule has 3 fully saturated rings. The summed E-state index contributed by atoms with van der Waals surface area (Å²) in [5.74, 6) is -6.09. The number of ketones is 2. The Morgan fingerprint density at radius 1 is 0.908 bits per heavy atom. The van der Waals surface area contributed by atoms with Crippen molar-refractivity contribution < 1.29 is 52.7 Å². The Morgan fingerprint density at radius 2 is 1.62 bits per heavy atom. The van der Waals surface area contributed by atoms with Gasteiger partial charge in [0.25, 0.3) is 11.7 Å². The summed E-state index contributed by atoms with van der Waals surface area (Å²) < 4.78 is 36.9. The van der Waals surface area contributed by atoms with Gasteiger partial charge in [-0.2, -0.15) is 0 Å². The fraction of sp³-hybridized carbons (Fsp3) is 0.731. The lowest BCUT2D eigenvalue weighted by atomic mass is 9.82. The molecule has 13 heteroatoms. The van der Waals surface area contributed by atoms with E-state index in [1.54, 1.807) is 28.3 Å². The number of methoxy groups -OCH3 is 3. The van der Waals surface area contributed by atoms with Crippen LogP contribution < -0.4 is 5.32 Å². The standard InChI is InChI=1S/C52H80N2O11/c1-10-40-27-33(2)26-34(3)28-45(61-8)48-46(62-9)30-37(6)52(59,65-48)49(56)50(57)54-24-15-14-18-41(54)51(58)64-47(35(4)19-21-42(40)55)36(5)29-39-20-22-43(44(31-39)60-7)63-25-23-53-32-38-16-12-11-13-17-38/h11-13,16-17,27,29,34-35,37,39-41,43-48,53,59H,10,14-15,18-26,28,30-32H2,1-9H3. The lowest BCUT2D eigenvalue weighted by molar-refractivity contribution is -0.302. The van der Waals surface area contributed by atoms with Crippen molar-refractivity contribution in [1.29, 1.82) is 0 Å². The summed E-state index contributed by atoms with van der Waals surface area (Å²) in [5.41, 5.74) is 3.18. The average molecular weight is 909 g/mol. The highest BCUT2D eigenvalue weighted by atomic mass is 16.7. The SMILES string of the molecule is CCC1C=C(C)CC(C)CC(OC)C2OC(O)(C(=O)C(=O)N3CCCCC3C(=O)OC(C(C)=CC3CCC(OCCNCc4ccccc4)C(OC)C3)C(C)CCC1=O)C(C)CC2OC. The largest absolute Gasteiger partial charge is 0.456 e. The predicted molar refractivity (Wildman–Crippen MR) is 249 cm³/mol. The lowest BCUT2D eigenvalue weighted by Gasteiger charge is -2.47. The van der Waals surface area contributed by atoms with Gasteiger partial charge in [0.15, 0.2) is 0 Å². The van der Waals surface area contributed by atoms with Crippen LogP contribution in [0.1, 0.15) is 124 Å². The minimum absolute atomic E-state index is 0.0425. The zero-order valence-corrected chi connectivity index (χ0v) is 40.8. The normalized spacial score (nSPS) is 35.4. The zero-order chi connectivity index (χ0) is 47.3. The van der Waals surface area contributed by atoms with Gasteiger partial charge in [-0.15, -0.1) is 0 Å². The van der Waals surface area contributed by atoms with Crippen LogP contribution in [0.25, 0.3) is 0 Å². The molecule has 4 aliphatic rings. The molecule has 2 bridgehead atoms. The van der Waals surface area contributed by atoms with Gasteiger partial charge in [0.05, 0.1) is 31.0 Å². The van der Waals surface area contributed by atoms with E-state index < -0.39 is 59.8 Å². The number of nitrogens with zero attached hydrogens (tertiary/aromatic N) is 1. The molecule has 65 heavy (non-hydrogen) atoms. The quantitative estimate of drug-likeness (QED) is 0.0934. The number of hydrogen-bond donors (Lipinski definition) is 2. The van der Waals surface area contributed by atoms with Crippen LogP contribution in [0.3, 0.4) is 0 Å². The molecule has 2 N–H and O–H groups in total. The maximum atomic E-state index is 14.5. The van der Waals surface area contributed by atoms with Crippen LogP contribution in [0.15, 0.2) is 53.6 Å². The van der Waals surface area contributed by atoms with Gasteiger partial charge >= 0.3 is 5.97 Å². The van der Waals surface area contributed by atoms with Gasteiger partial charge in [-0.1, -0.05) is 75.8 Å². The third-order valence-electron chi connectivity index (χ3n) is 14.5. The van der Waals surface area contributed by atoms with E-state index in [0.717, 1.165) is 43.5 Å². The first-order valence-corrected chi connectivity index (χ1v) is 24.4. The Balaban J connectivity index is 1.39. The number of fused-ring (bicyclic) bond motifs is 3. The van der Waals surface area contributed by atoms with Crippen LogP contribution in [0, 0.1) is 29.6 Å². The first kappa shape index (κ1) is 52.7. The molecule has 2 saturated heterocycles. The van der Waals surface area contributed by atoms with Gasteiger partial charge in [0.2, 0.25) is 5.79 Å². The Labute approximate surface area is 388 Å². The molecule has 13 atom stereocenters. The number of piperidine rings is 1. The topological polar surface area (TPSA) is 159 Å². The summed E-state index contributed by atoms with van der Waals surface area (Å²) in [4.78, 5) is 58.4. The number of nitrogens with one attached hydrogen (secondary N) is 1. The number of amides is 1. The number of allylic oxidation sites excluding steroid dienone is 3. The van der Waals surface area contributed by atoms with Crippen molar-refractivity contribution in [2.24, 2.45) is 29.6 Å². The molecule has 1 saturated carbocycles. The number of Topliss-reactive ketones (excluding diaryl/α,β-unsaturated/α-hetero) is 2. The molecule has 5 rings (SSSR count). The zero-order valence-electron chi connectivity index (χ0n) is 40.8. The molecule has 1 amide bonds. The molecule has 0 spiro atoms. The molecule has 1 aromatic carbocycles. The minimum atomic E-state index is -2.47. The van der Waals surface area contributed by atoms with Gasteiger partial charge in [0.1, 0.15) is 24.0 Å². The Bertz CT molecular complexity index is 1770. The molecule has 364 valence electrons. The second-order valence-electron chi connectivity index (χ2n) is 19.5. The molecule has 3 heterocycles. The second kappa shape index (κ2) is 25.2. The lowest BCUT2D eigenvalue weighted by Crippen LogP contribution is -2.64. The van der Waals surface area contributed by atoms with E-state index >= 15 is 0 Å². The number of carbonyl (C=O) groups is 4. The van der Waals surface area contributed by atoms with E-state index in [0.29, 0.717) is 58.0 Å². The smallest absolute Gasteiger partial charge is 0.329 e. The van der Waals surface area contributed by atoms with Crippen molar-refractivity contribution in [3.05, 3.63) is 59.2 Å². The fourth-order valence-electron chi connectivity index (χ4n) is 10.7. The monoisotopic (exact) mass is 909 g/mol. The van der Waals surface area contributed by atoms with E-state index in [1.807, 2.05) is 45.9 Å². The number of aliphatic hydroxyl groups is 1. The molecule has 1 aliphatic carbocycles. The van der Waals surface area contributed by atoms with Crippen molar-refractivity contribution in [1.82, 2.24) is 10.2 Å². The average Bonchev–Trinajstić information content (AvgIpc) is 3.31. The summed E-state index contributed by atoms with van der Waals surface area (Å²) >= 11 is 0. The van der Waals surface area contributed by atoms with Crippen molar-refractivity contribution in [3.63, 3.8) is 0 Å². The molecule has 13 unspecified atom stereocenters. The van der Waals surface area contributed by atoms with Crippen molar-refractivity contribution in [3.8, 4) is 0 Å². The summed E-state index contributed by atoms with van der Waals surface area (Å²) in [7, 11) is 4.84. The Kier molecular flexibility index (Phi) is 20.4. The predicted octanol–water partition coefficient (Wildman–Crippen LogP) is 7.32. The van der Waals surface area contributed by atoms with Crippen molar-refractivity contribution >= 4 is 23.4 Å². The maximum absolute atomic E-state index is 14.5. The van der Waals surface area contributed by atoms with Gasteiger partial charge in [-0.3, -0.25) is 14.4 Å². The highest BCUT2D eigenvalue weighted by Gasteiger charge is 2.56. The minimum Gasteiger partial charge on any atom is -0.456 e. The number of rotatable bonds is 12. The van der Waals surface area contributed by atoms with Crippen LogP contribution >= 0.6 is 0 Å². The Hall–Kier alpha value is -3.30. The van der Waals surface area contributed by atoms with Crippen LogP contribution in [0.5, 0.6) is 0 Å². The van der Waals surface area contributed by atoms with Gasteiger partial charge in [0, 0.05) is 59.2 Å². The summed E-state index contributed by atoms with van der Waals surface area (Å²) in [6.07, 6.45) is 8.37. The fourth-order valence-corrected chi connectivity index (χ4v) is 10.7. The number of carbonyl (C=O) groups excluding carboxylic acids is 4. The molecule has 0 aromatic heterocycles. The number of benzene rings is 1. The first-order valence-electron chi connectivity index (χ1n) is 24.4. The third-order valence-corrected chi connectivity index (χ3v) is 14.5. The summed E-state index contributed by atoms with van der Waals surface area (Å²) in [5, 5.41) is 15.6. The number of hydrogen-bond acceptors (Lipinski definition) is 12. The number of ether oxygens (including phenoxy) is 6. The highest BCUT2D eigenvalue weighted by Crippen LogP contribution is 2.39. The molecular formula is C52H80N2O11. The van der Waals surface area contributed by atoms with E-state index in [2.05, 4.69) is 36.5 Å². The summed E-state index contributed by atoms with van der Waals surface area (Å²) in [6.45, 7) is 14.0. The third kappa shape index (κ3) is 13.9. The molecule has 13 nitrogen and oxygen atoms in total. The maximum Gasteiger partial charge on any atom is 0.329 e. The van der Waals surface area contributed by atoms with E-state index in [4.69, 9.17) is 28.4 Å². The highest BCUT2D eigenvalue weighted by molar-refractivity contribution is 6.39. The van der Waals surface area contributed by atoms with Gasteiger partial charge in [-0.05, 0) is 113 Å². The van der Waals surface area contributed by atoms with E-state index in [9.17, 15) is 24.3 Å². The van der Waals surface area contributed by atoms with Crippen molar-refractivity contribution in [2.75, 3.05) is 41.0 Å². The van der Waals surface area contributed by atoms with Crippen molar-refractivity contribution in [2.45, 2.75) is 174 Å².